The summed E-state index contributed by atoms with van der Waals surface area (Å²) in [4.78, 5) is 16.7. The highest BCUT2D eigenvalue weighted by Gasteiger charge is 2.29. The van der Waals surface area contributed by atoms with Crippen molar-refractivity contribution in [3.05, 3.63) is 53.2 Å². The van der Waals surface area contributed by atoms with E-state index in [1.165, 1.54) is 5.56 Å². The Balaban J connectivity index is 1.55. The summed E-state index contributed by atoms with van der Waals surface area (Å²) in [5.74, 6) is 1.69. The van der Waals surface area contributed by atoms with Crippen LogP contribution in [0.4, 0.5) is 5.69 Å². The Kier molecular flexibility index (Phi) is 6.15. The zero-order valence-corrected chi connectivity index (χ0v) is 16.0. The third-order valence-electron chi connectivity index (χ3n) is 5.44. The lowest BCUT2D eigenvalue weighted by Crippen LogP contribution is -2.29. The van der Waals surface area contributed by atoms with Crippen LogP contribution in [0, 0.1) is 11.8 Å². The van der Waals surface area contributed by atoms with Gasteiger partial charge in [-0.3, -0.25) is 4.79 Å². The molecule has 1 aliphatic carbocycles. The zero-order chi connectivity index (χ0) is 18.5. The van der Waals surface area contributed by atoms with Crippen LogP contribution in [0.3, 0.4) is 0 Å². The van der Waals surface area contributed by atoms with Crippen LogP contribution in [0.15, 0.2) is 42.6 Å². The van der Waals surface area contributed by atoms with E-state index in [-0.39, 0.29) is 11.8 Å². The second-order valence-corrected chi connectivity index (χ2v) is 7.46. The highest BCUT2D eigenvalue weighted by atomic mass is 35.5. The molecule has 1 atom stereocenters. The van der Waals surface area contributed by atoms with E-state index in [0.717, 1.165) is 31.4 Å². The highest BCUT2D eigenvalue weighted by Crippen LogP contribution is 2.39. The number of ether oxygens (including phenoxy) is 1. The van der Waals surface area contributed by atoms with Crippen LogP contribution < -0.4 is 10.1 Å². The fourth-order valence-electron chi connectivity index (χ4n) is 3.75. The van der Waals surface area contributed by atoms with Gasteiger partial charge in [0, 0.05) is 28.9 Å². The minimum atomic E-state index is -0.00129. The predicted octanol–water partition coefficient (Wildman–Crippen LogP) is 5.29. The van der Waals surface area contributed by atoms with Crippen molar-refractivity contribution in [2.24, 2.45) is 11.8 Å². The second kappa shape index (κ2) is 8.54. The summed E-state index contributed by atoms with van der Waals surface area (Å²) in [6.45, 7) is 2.03. The van der Waals surface area contributed by atoms with Crippen LogP contribution in [-0.4, -0.2) is 18.0 Å². The summed E-state index contributed by atoms with van der Waals surface area (Å²) in [5, 5.41) is 3.67. The number of nitrogens with one attached hydrogen (secondary N) is 1. The maximum atomic E-state index is 12.6. The minimum Gasteiger partial charge on any atom is -0.481 e. The average Bonchev–Trinajstić information content (AvgIpc) is 2.69. The molecule has 1 fully saturated rings. The van der Waals surface area contributed by atoms with Crippen LogP contribution >= 0.6 is 11.6 Å². The van der Waals surface area contributed by atoms with Gasteiger partial charge in [-0.2, -0.15) is 0 Å². The molecule has 0 radical (unpaired) electrons. The highest BCUT2D eigenvalue weighted by molar-refractivity contribution is 6.30. The predicted molar refractivity (Wildman–Crippen MR) is 105 cm³/mol. The van der Waals surface area contributed by atoms with Crippen molar-refractivity contribution in [2.75, 3.05) is 12.4 Å². The van der Waals surface area contributed by atoms with Gasteiger partial charge in [0.2, 0.25) is 11.8 Å². The fourth-order valence-corrected chi connectivity index (χ4v) is 3.87. The normalized spacial score (nSPS) is 21.0. The van der Waals surface area contributed by atoms with E-state index in [4.69, 9.17) is 16.3 Å². The molecule has 1 aromatic heterocycles. The van der Waals surface area contributed by atoms with Gasteiger partial charge in [0.15, 0.2) is 0 Å². The first kappa shape index (κ1) is 18.7. The molecule has 1 saturated carbocycles. The number of aromatic nitrogens is 1. The molecule has 0 aliphatic heterocycles. The lowest BCUT2D eigenvalue weighted by molar-refractivity contribution is -0.121. The number of pyridine rings is 1. The van der Waals surface area contributed by atoms with E-state index in [1.54, 1.807) is 19.2 Å². The number of hydrogen-bond acceptors (Lipinski definition) is 3. The summed E-state index contributed by atoms with van der Waals surface area (Å²) < 4.78 is 5.23. The van der Waals surface area contributed by atoms with Gasteiger partial charge in [0.25, 0.3) is 0 Å². The van der Waals surface area contributed by atoms with Crippen molar-refractivity contribution in [2.45, 2.75) is 38.5 Å². The average molecular weight is 373 g/mol. The van der Waals surface area contributed by atoms with Crippen molar-refractivity contribution in [3.8, 4) is 5.88 Å². The molecule has 1 N–H and O–H groups in total. The number of rotatable bonds is 5. The molecule has 26 heavy (non-hydrogen) atoms. The van der Waals surface area contributed by atoms with Gasteiger partial charge in [0.05, 0.1) is 7.11 Å². The van der Waals surface area contributed by atoms with Crippen LogP contribution in [0.5, 0.6) is 5.88 Å². The zero-order valence-electron chi connectivity index (χ0n) is 15.2. The van der Waals surface area contributed by atoms with E-state index in [9.17, 15) is 4.79 Å². The molecule has 1 unspecified atom stereocenters. The minimum absolute atomic E-state index is 0.00129. The van der Waals surface area contributed by atoms with Gasteiger partial charge >= 0.3 is 0 Å². The second-order valence-electron chi connectivity index (χ2n) is 7.03. The smallest absolute Gasteiger partial charge is 0.227 e. The number of carbonyl (C=O) groups excluding carboxylic acids is 1. The first-order valence-electron chi connectivity index (χ1n) is 9.13. The molecule has 5 heteroatoms. The van der Waals surface area contributed by atoms with Crippen molar-refractivity contribution >= 4 is 23.2 Å². The molecule has 4 nitrogen and oxygen atoms in total. The first-order chi connectivity index (χ1) is 12.6. The molecule has 1 aromatic carbocycles. The van der Waals surface area contributed by atoms with E-state index in [0.29, 0.717) is 22.7 Å². The third kappa shape index (κ3) is 4.55. The molecule has 1 amide bonds. The number of nitrogens with zero attached hydrogens (tertiary/aromatic N) is 1. The topological polar surface area (TPSA) is 51.2 Å². The van der Waals surface area contributed by atoms with Gasteiger partial charge in [0.1, 0.15) is 0 Å². The van der Waals surface area contributed by atoms with Crippen molar-refractivity contribution in [1.82, 2.24) is 4.98 Å². The maximum Gasteiger partial charge on any atom is 0.227 e. The Labute approximate surface area is 159 Å². The van der Waals surface area contributed by atoms with Crippen LogP contribution in [0.2, 0.25) is 5.02 Å². The SMILES string of the molecule is COc1cc([C@H]2CC[C@@H](C(C)C(=O)Nc3ccc(Cl)cc3)CC2)ccn1. The molecule has 0 saturated heterocycles. The Morgan fingerprint density at radius 2 is 1.88 bits per heavy atom. The number of methoxy groups -OCH3 is 1. The standard InChI is InChI=1S/C21H25ClN2O2/c1-14(21(25)24-19-9-7-18(22)8-10-19)15-3-5-16(6-4-15)17-11-12-23-20(13-17)26-2/h7-16H,3-6H2,1-2H3,(H,24,25)/t14?,15-,16+. The quantitative estimate of drug-likeness (QED) is 0.775. The van der Waals surface area contributed by atoms with E-state index >= 15 is 0 Å². The van der Waals surface area contributed by atoms with Gasteiger partial charge in [-0.15, -0.1) is 0 Å². The Morgan fingerprint density at radius 1 is 1.19 bits per heavy atom. The summed E-state index contributed by atoms with van der Waals surface area (Å²) in [6.07, 6.45) is 6.12. The van der Waals surface area contributed by atoms with Crippen LogP contribution in [-0.2, 0) is 4.79 Å². The lowest BCUT2D eigenvalue weighted by Gasteiger charge is -2.32. The van der Waals surface area contributed by atoms with Gasteiger partial charge in [-0.25, -0.2) is 4.98 Å². The fraction of sp³-hybridized carbons (Fsp3) is 0.429. The van der Waals surface area contributed by atoms with Crippen LogP contribution in [0.1, 0.15) is 44.1 Å². The third-order valence-corrected chi connectivity index (χ3v) is 5.70. The van der Waals surface area contributed by atoms with E-state index in [1.807, 2.05) is 31.3 Å². The number of halogens is 1. The Hall–Kier alpha value is -2.07. The van der Waals surface area contributed by atoms with Crippen molar-refractivity contribution in [3.63, 3.8) is 0 Å². The number of amides is 1. The largest absolute Gasteiger partial charge is 0.481 e. The summed E-state index contributed by atoms with van der Waals surface area (Å²) in [7, 11) is 1.64. The number of benzene rings is 1. The molecule has 138 valence electrons. The molecule has 1 aliphatic rings. The maximum absolute atomic E-state index is 12.6. The van der Waals surface area contributed by atoms with Crippen molar-refractivity contribution < 1.29 is 9.53 Å². The number of hydrogen-bond donors (Lipinski definition) is 1. The molecule has 0 spiro atoms. The number of anilines is 1. The molecule has 1 heterocycles. The summed E-state index contributed by atoms with van der Waals surface area (Å²) in [6, 6.07) is 11.3. The monoisotopic (exact) mass is 372 g/mol. The van der Waals surface area contributed by atoms with E-state index in [2.05, 4.69) is 16.4 Å². The molecule has 3 rings (SSSR count). The van der Waals surface area contributed by atoms with Crippen molar-refractivity contribution in [1.29, 1.82) is 0 Å². The lowest BCUT2D eigenvalue weighted by atomic mass is 9.74. The Bertz CT molecular complexity index is 740. The van der Waals surface area contributed by atoms with E-state index < -0.39 is 0 Å². The molecule has 0 bridgehead atoms. The molecule has 2 aromatic rings. The summed E-state index contributed by atoms with van der Waals surface area (Å²) in [5.41, 5.74) is 2.08. The molecular weight excluding hydrogens is 348 g/mol. The van der Waals surface area contributed by atoms with Gasteiger partial charge in [-0.1, -0.05) is 18.5 Å². The Morgan fingerprint density at radius 3 is 2.54 bits per heavy atom. The van der Waals surface area contributed by atoms with Crippen LogP contribution in [0.25, 0.3) is 0 Å². The first-order valence-corrected chi connectivity index (χ1v) is 9.51. The summed E-state index contributed by atoms with van der Waals surface area (Å²) >= 11 is 5.89. The van der Waals surface area contributed by atoms with Gasteiger partial charge in [-0.05, 0) is 73.4 Å². The molecular formula is C21H25ClN2O2. The van der Waals surface area contributed by atoms with Gasteiger partial charge < -0.3 is 10.1 Å². The number of carbonyl (C=O) groups is 1.